The highest BCUT2D eigenvalue weighted by Crippen LogP contribution is 2.31. The zero-order chi connectivity index (χ0) is 18.1. The molecule has 1 N–H and O–H groups in total. The minimum Gasteiger partial charge on any atom is -0.377 e. The van der Waals surface area contributed by atoms with Crippen molar-refractivity contribution in [3.05, 3.63) is 52.0 Å². The summed E-state index contributed by atoms with van der Waals surface area (Å²) in [6, 6.07) is 7.70. The molecule has 0 aromatic heterocycles. The largest absolute Gasteiger partial charge is 0.377 e. The summed E-state index contributed by atoms with van der Waals surface area (Å²) in [5, 5.41) is 2.86. The van der Waals surface area contributed by atoms with Crippen LogP contribution in [0.15, 0.2) is 35.2 Å². The van der Waals surface area contributed by atoms with Crippen LogP contribution in [0.5, 0.6) is 5.75 Å². The van der Waals surface area contributed by atoms with Gasteiger partial charge in [-0.05, 0) is 61.7 Å². The topological polar surface area (TPSA) is 72.5 Å². The predicted octanol–water partition coefficient (Wildman–Crippen LogP) is 3.99. The van der Waals surface area contributed by atoms with Crippen LogP contribution < -0.4 is 9.50 Å². The number of halogens is 1. The van der Waals surface area contributed by atoms with Crippen molar-refractivity contribution in [2.24, 2.45) is 0 Å². The minimum atomic E-state index is -4.05. The van der Waals surface area contributed by atoms with Crippen LogP contribution >= 0.6 is 11.6 Å². The molecule has 0 atom stereocenters. The van der Waals surface area contributed by atoms with E-state index < -0.39 is 10.1 Å². The molecule has 0 aliphatic heterocycles. The second-order valence-corrected chi connectivity index (χ2v) is 7.51. The average molecular weight is 368 g/mol. The Kier molecular flexibility index (Phi) is 5.20. The van der Waals surface area contributed by atoms with E-state index in [1.807, 2.05) is 13.8 Å². The van der Waals surface area contributed by atoms with Gasteiger partial charge >= 0.3 is 10.1 Å². The first-order valence-electron chi connectivity index (χ1n) is 7.19. The van der Waals surface area contributed by atoms with Gasteiger partial charge in [-0.2, -0.15) is 8.42 Å². The Bertz CT molecular complexity index is 907. The van der Waals surface area contributed by atoms with Gasteiger partial charge in [0.1, 0.15) is 4.90 Å². The van der Waals surface area contributed by atoms with Gasteiger partial charge < -0.3 is 9.50 Å². The van der Waals surface area contributed by atoms with E-state index >= 15 is 0 Å². The Hall–Kier alpha value is -2.05. The average Bonchev–Trinajstić information content (AvgIpc) is 2.45. The van der Waals surface area contributed by atoms with E-state index in [4.69, 9.17) is 15.8 Å². The van der Waals surface area contributed by atoms with Crippen molar-refractivity contribution < 1.29 is 17.4 Å². The van der Waals surface area contributed by atoms with Gasteiger partial charge in [0.15, 0.2) is 5.75 Å². The lowest BCUT2D eigenvalue weighted by atomic mass is 10.1. The fourth-order valence-corrected chi connectivity index (χ4v) is 3.65. The molecule has 0 aliphatic rings. The molecule has 0 unspecified atom stereocenters. The summed E-state index contributed by atoms with van der Waals surface area (Å²) in [4.78, 5) is 11.4. The van der Waals surface area contributed by atoms with Crippen LogP contribution in [-0.4, -0.2) is 14.3 Å². The molecule has 2 aromatic rings. The molecule has 0 spiro atoms. The summed E-state index contributed by atoms with van der Waals surface area (Å²) in [5.74, 6) is -0.353. The Morgan fingerprint density at radius 3 is 2.29 bits per heavy atom. The maximum atomic E-state index is 12.6. The highest BCUT2D eigenvalue weighted by Gasteiger charge is 2.22. The van der Waals surface area contributed by atoms with Crippen molar-refractivity contribution in [2.45, 2.75) is 32.6 Å². The van der Waals surface area contributed by atoms with Crippen molar-refractivity contribution in [3.63, 3.8) is 0 Å². The second kappa shape index (κ2) is 6.83. The summed E-state index contributed by atoms with van der Waals surface area (Å²) >= 11 is 5.90. The summed E-state index contributed by atoms with van der Waals surface area (Å²) in [6.45, 7) is 6.76. The van der Waals surface area contributed by atoms with Gasteiger partial charge in [-0.15, -0.1) is 0 Å². The van der Waals surface area contributed by atoms with Crippen LogP contribution in [0.1, 0.15) is 23.6 Å². The highest BCUT2D eigenvalue weighted by atomic mass is 35.5. The molecular formula is C17H18ClNO4S. The van der Waals surface area contributed by atoms with Gasteiger partial charge in [-0.1, -0.05) is 17.7 Å². The molecular weight excluding hydrogens is 350 g/mol. The second-order valence-electron chi connectivity index (χ2n) is 5.56. The van der Waals surface area contributed by atoms with Crippen LogP contribution in [0.4, 0.5) is 5.69 Å². The van der Waals surface area contributed by atoms with Crippen molar-refractivity contribution in [1.82, 2.24) is 0 Å². The van der Waals surface area contributed by atoms with Gasteiger partial charge in [0, 0.05) is 11.9 Å². The third kappa shape index (κ3) is 4.07. The number of carbonyl (C=O) groups is 1. The van der Waals surface area contributed by atoms with Crippen LogP contribution in [-0.2, 0) is 14.9 Å². The van der Waals surface area contributed by atoms with E-state index in [9.17, 15) is 13.2 Å². The first-order valence-corrected chi connectivity index (χ1v) is 8.98. The molecule has 5 nitrogen and oxygen atoms in total. The quantitative estimate of drug-likeness (QED) is 0.829. The minimum absolute atomic E-state index is 0.00669. The summed E-state index contributed by atoms with van der Waals surface area (Å²) in [7, 11) is -4.05. The molecule has 0 saturated carbocycles. The van der Waals surface area contributed by atoms with E-state index in [0.717, 1.165) is 11.1 Å². The van der Waals surface area contributed by atoms with Crippen LogP contribution in [0.25, 0.3) is 0 Å². The normalized spacial score (nSPS) is 11.2. The molecule has 2 rings (SSSR count). The molecule has 128 valence electrons. The van der Waals surface area contributed by atoms with Crippen molar-refractivity contribution in [3.8, 4) is 5.75 Å². The Morgan fingerprint density at radius 2 is 1.67 bits per heavy atom. The number of hydrogen-bond donors (Lipinski definition) is 1. The van der Waals surface area contributed by atoms with E-state index in [1.165, 1.54) is 25.1 Å². The predicted molar refractivity (Wildman–Crippen MR) is 94.2 cm³/mol. The van der Waals surface area contributed by atoms with Crippen molar-refractivity contribution in [2.75, 3.05) is 5.32 Å². The van der Waals surface area contributed by atoms with E-state index in [-0.39, 0.29) is 22.2 Å². The van der Waals surface area contributed by atoms with Gasteiger partial charge in [0.25, 0.3) is 0 Å². The number of amides is 1. The van der Waals surface area contributed by atoms with E-state index in [1.54, 1.807) is 19.1 Å². The number of hydrogen-bond acceptors (Lipinski definition) is 4. The van der Waals surface area contributed by atoms with Crippen molar-refractivity contribution in [1.29, 1.82) is 0 Å². The number of aryl methyl sites for hydroxylation is 3. The van der Waals surface area contributed by atoms with Crippen molar-refractivity contribution >= 4 is 33.3 Å². The first kappa shape index (κ1) is 18.3. The first-order chi connectivity index (χ1) is 11.1. The Labute approximate surface area is 146 Å². The molecule has 0 aliphatic carbocycles. The fourth-order valence-electron chi connectivity index (χ4n) is 2.23. The zero-order valence-electron chi connectivity index (χ0n) is 13.8. The number of carbonyl (C=O) groups excluding carboxylic acids is 1. The van der Waals surface area contributed by atoms with Gasteiger partial charge in [-0.3, -0.25) is 4.79 Å². The zero-order valence-corrected chi connectivity index (χ0v) is 15.4. The lowest BCUT2D eigenvalue weighted by Crippen LogP contribution is -2.14. The molecule has 0 radical (unpaired) electrons. The lowest BCUT2D eigenvalue weighted by molar-refractivity contribution is -0.114. The number of rotatable bonds is 4. The molecule has 0 fully saturated rings. The Balaban J connectivity index is 2.47. The van der Waals surface area contributed by atoms with Crippen LogP contribution in [0.2, 0.25) is 5.02 Å². The van der Waals surface area contributed by atoms with E-state index in [0.29, 0.717) is 10.6 Å². The summed E-state index contributed by atoms with van der Waals surface area (Å²) in [5.41, 5.74) is 2.63. The summed E-state index contributed by atoms with van der Waals surface area (Å²) < 4.78 is 30.5. The molecule has 2 aromatic carbocycles. The van der Waals surface area contributed by atoms with Gasteiger partial charge in [0.05, 0.1) is 5.69 Å². The van der Waals surface area contributed by atoms with E-state index in [2.05, 4.69) is 5.32 Å². The molecule has 7 heteroatoms. The van der Waals surface area contributed by atoms with Gasteiger partial charge in [-0.25, -0.2) is 0 Å². The Morgan fingerprint density at radius 1 is 1.04 bits per heavy atom. The summed E-state index contributed by atoms with van der Waals surface area (Å²) in [6.07, 6.45) is 0. The van der Waals surface area contributed by atoms with Gasteiger partial charge in [0.2, 0.25) is 5.91 Å². The monoisotopic (exact) mass is 367 g/mol. The number of nitrogens with one attached hydrogen (secondary N) is 1. The smallest absolute Gasteiger partial charge is 0.339 e. The maximum Gasteiger partial charge on any atom is 0.339 e. The highest BCUT2D eigenvalue weighted by molar-refractivity contribution is 7.87. The SMILES string of the molecule is CC(=O)Nc1cc(Cl)ccc1OS(=O)(=O)c1cc(C)c(C)cc1C. The third-order valence-corrected chi connectivity index (χ3v) is 5.12. The third-order valence-electron chi connectivity index (χ3n) is 3.51. The maximum absolute atomic E-state index is 12.6. The standard InChI is InChI=1S/C17H18ClNO4S/c1-10-7-12(3)17(8-11(10)2)24(21,22)23-16-6-5-14(18)9-15(16)19-13(4)20/h5-9H,1-4H3,(H,19,20). The molecule has 0 saturated heterocycles. The molecule has 0 bridgehead atoms. The number of benzene rings is 2. The molecule has 1 amide bonds. The fraction of sp³-hybridized carbons (Fsp3) is 0.235. The van der Waals surface area contributed by atoms with Crippen LogP contribution in [0, 0.1) is 20.8 Å². The lowest BCUT2D eigenvalue weighted by Gasteiger charge is -2.14. The molecule has 0 heterocycles. The molecule has 24 heavy (non-hydrogen) atoms. The van der Waals surface area contributed by atoms with Crippen LogP contribution in [0.3, 0.4) is 0 Å². The number of anilines is 1.